The smallest absolute Gasteiger partial charge is 0.142 e. The average molecular weight is 345 g/mol. The first-order chi connectivity index (χ1) is 11.7. The maximum absolute atomic E-state index is 6.15. The minimum absolute atomic E-state index is 0.365. The number of rotatable bonds is 3. The van der Waals surface area contributed by atoms with Crippen molar-refractivity contribution in [1.82, 2.24) is 14.8 Å². The molecule has 0 aromatic carbocycles. The van der Waals surface area contributed by atoms with Crippen molar-refractivity contribution >= 4 is 17.4 Å². The van der Waals surface area contributed by atoms with E-state index in [1.165, 1.54) is 31.4 Å². The molecule has 24 heavy (non-hydrogen) atoms. The number of pyridine rings is 1. The number of nitrogens with two attached hydrogens (primary N) is 1. The maximum atomic E-state index is 6.15. The van der Waals surface area contributed by atoms with Gasteiger partial charge in [0.05, 0.1) is 30.0 Å². The van der Waals surface area contributed by atoms with Gasteiger partial charge in [-0.15, -0.1) is 0 Å². The van der Waals surface area contributed by atoms with E-state index in [2.05, 4.69) is 15.7 Å². The third-order valence-electron chi connectivity index (χ3n) is 5.89. The molecule has 2 aliphatic carbocycles. The second-order valence-electron chi connectivity index (χ2n) is 7.32. The molecular weight excluding hydrogens is 324 g/mol. The summed E-state index contributed by atoms with van der Waals surface area (Å²) in [4.78, 5) is 4.19. The molecule has 1 saturated heterocycles. The van der Waals surface area contributed by atoms with E-state index in [1.54, 1.807) is 6.20 Å². The van der Waals surface area contributed by atoms with Crippen molar-refractivity contribution in [2.24, 2.45) is 11.8 Å². The van der Waals surface area contributed by atoms with Gasteiger partial charge in [-0.1, -0.05) is 24.4 Å². The van der Waals surface area contributed by atoms with Gasteiger partial charge in [0.1, 0.15) is 5.82 Å². The number of nitrogen functional groups attached to an aromatic ring is 1. The van der Waals surface area contributed by atoms with Crippen molar-refractivity contribution < 1.29 is 4.74 Å². The lowest BCUT2D eigenvalue weighted by atomic mass is 10.1. The summed E-state index contributed by atoms with van der Waals surface area (Å²) in [5, 5.41) is 5.45. The molecule has 6 heteroatoms. The van der Waals surface area contributed by atoms with Crippen molar-refractivity contribution in [3.05, 3.63) is 29.0 Å². The zero-order chi connectivity index (χ0) is 16.3. The van der Waals surface area contributed by atoms with Crippen molar-refractivity contribution in [2.75, 3.05) is 18.9 Å². The Labute approximate surface area is 146 Å². The number of ether oxygens (including phenoxy) is 1. The van der Waals surface area contributed by atoms with Crippen LogP contribution in [0.4, 0.5) is 5.82 Å². The van der Waals surface area contributed by atoms with Crippen LogP contribution < -0.4 is 5.73 Å². The molecule has 5 rings (SSSR count). The Kier molecular flexibility index (Phi) is 3.35. The summed E-state index contributed by atoms with van der Waals surface area (Å²) < 4.78 is 7.87. The van der Waals surface area contributed by atoms with Gasteiger partial charge in [0.2, 0.25) is 0 Å². The van der Waals surface area contributed by atoms with Gasteiger partial charge in [-0.2, -0.15) is 5.10 Å². The molecule has 2 N–H and O–H groups in total. The van der Waals surface area contributed by atoms with E-state index < -0.39 is 0 Å². The number of anilines is 1. The lowest BCUT2D eigenvalue weighted by Crippen LogP contribution is -2.12. The molecule has 3 heterocycles. The second-order valence-corrected chi connectivity index (χ2v) is 7.73. The molecule has 1 aliphatic heterocycles. The lowest BCUT2D eigenvalue weighted by Gasteiger charge is -2.15. The normalized spacial score (nSPS) is 29.1. The fourth-order valence-electron chi connectivity index (χ4n) is 4.51. The van der Waals surface area contributed by atoms with Crippen LogP contribution in [0.1, 0.15) is 43.3 Å². The molecule has 126 valence electrons. The molecule has 3 aliphatic rings. The zero-order valence-electron chi connectivity index (χ0n) is 13.5. The van der Waals surface area contributed by atoms with Crippen LogP contribution in [0, 0.1) is 11.8 Å². The quantitative estimate of drug-likeness (QED) is 0.922. The lowest BCUT2D eigenvalue weighted by molar-refractivity contribution is 0.159. The Balaban J connectivity index is 1.55. The van der Waals surface area contributed by atoms with Gasteiger partial charge in [-0.3, -0.25) is 4.68 Å². The van der Waals surface area contributed by atoms with Crippen LogP contribution in [-0.2, 0) is 4.74 Å². The summed E-state index contributed by atoms with van der Waals surface area (Å²) in [6.45, 7) is 1.80. The number of hydrogen-bond acceptors (Lipinski definition) is 4. The monoisotopic (exact) mass is 344 g/mol. The largest absolute Gasteiger partial charge is 0.382 e. The van der Waals surface area contributed by atoms with E-state index in [0.29, 0.717) is 34.6 Å². The Morgan fingerprint density at radius 1 is 1.17 bits per heavy atom. The summed E-state index contributed by atoms with van der Waals surface area (Å²) in [5.41, 5.74) is 9.01. The van der Waals surface area contributed by atoms with Crippen LogP contribution in [0.5, 0.6) is 0 Å². The number of nitrogens with zero attached hydrogens (tertiary/aromatic N) is 3. The minimum atomic E-state index is 0.365. The predicted molar refractivity (Wildman–Crippen MR) is 92.9 cm³/mol. The molecule has 2 atom stereocenters. The summed E-state index contributed by atoms with van der Waals surface area (Å²) >= 11 is 6.15. The summed E-state index contributed by atoms with van der Waals surface area (Å²) in [5.74, 6) is 2.34. The Morgan fingerprint density at radius 2 is 1.92 bits per heavy atom. The van der Waals surface area contributed by atoms with Crippen LogP contribution in [-0.4, -0.2) is 28.0 Å². The predicted octanol–water partition coefficient (Wildman–Crippen LogP) is 3.66. The van der Waals surface area contributed by atoms with Crippen LogP contribution >= 0.6 is 11.6 Å². The zero-order valence-corrected chi connectivity index (χ0v) is 14.2. The maximum Gasteiger partial charge on any atom is 0.142 e. The van der Waals surface area contributed by atoms with Crippen molar-refractivity contribution in [1.29, 1.82) is 0 Å². The highest BCUT2D eigenvalue weighted by molar-refractivity contribution is 6.33. The van der Waals surface area contributed by atoms with Gasteiger partial charge in [-0.25, -0.2) is 4.98 Å². The number of aromatic nitrogens is 3. The molecule has 5 nitrogen and oxygen atoms in total. The Morgan fingerprint density at radius 3 is 2.62 bits per heavy atom. The van der Waals surface area contributed by atoms with Gasteiger partial charge in [0, 0.05) is 23.4 Å². The number of hydrogen-bond donors (Lipinski definition) is 1. The fraction of sp³-hybridized carbons (Fsp3) is 0.556. The van der Waals surface area contributed by atoms with E-state index in [0.717, 1.165) is 24.5 Å². The third-order valence-corrected chi connectivity index (χ3v) is 6.20. The molecule has 3 fully saturated rings. The molecule has 2 aromatic rings. The van der Waals surface area contributed by atoms with Gasteiger partial charge in [0.15, 0.2) is 0 Å². The van der Waals surface area contributed by atoms with Crippen LogP contribution in [0.3, 0.4) is 0 Å². The molecule has 2 saturated carbocycles. The Bertz CT molecular complexity index is 773. The molecular formula is C18H21ClN4O. The molecule has 0 spiro atoms. The van der Waals surface area contributed by atoms with E-state index in [4.69, 9.17) is 27.2 Å². The SMILES string of the molecule is Nc1ncc(-c2cc(C3C4COCC43)n(C3CCCC3)n2)cc1Cl. The highest BCUT2D eigenvalue weighted by Crippen LogP contribution is 2.58. The van der Waals surface area contributed by atoms with Crippen molar-refractivity contribution in [3.8, 4) is 11.3 Å². The van der Waals surface area contributed by atoms with Gasteiger partial charge >= 0.3 is 0 Å². The van der Waals surface area contributed by atoms with E-state index in [9.17, 15) is 0 Å². The van der Waals surface area contributed by atoms with Crippen LogP contribution in [0.2, 0.25) is 5.02 Å². The average Bonchev–Trinajstić information content (AvgIpc) is 3.12. The van der Waals surface area contributed by atoms with Crippen molar-refractivity contribution in [3.63, 3.8) is 0 Å². The van der Waals surface area contributed by atoms with Gasteiger partial charge in [-0.05, 0) is 36.8 Å². The highest BCUT2D eigenvalue weighted by Gasteiger charge is 2.56. The first-order valence-electron chi connectivity index (χ1n) is 8.81. The molecule has 0 amide bonds. The van der Waals surface area contributed by atoms with E-state index >= 15 is 0 Å². The first kappa shape index (κ1) is 14.7. The fourth-order valence-corrected chi connectivity index (χ4v) is 4.67. The summed E-state index contributed by atoms with van der Waals surface area (Å²) in [6, 6.07) is 4.64. The third kappa shape index (κ3) is 2.25. The summed E-state index contributed by atoms with van der Waals surface area (Å²) in [7, 11) is 0. The number of fused-ring (bicyclic) bond motifs is 1. The first-order valence-corrected chi connectivity index (χ1v) is 9.19. The van der Waals surface area contributed by atoms with Crippen LogP contribution in [0.15, 0.2) is 18.3 Å². The minimum Gasteiger partial charge on any atom is -0.382 e. The Hall–Kier alpha value is -1.59. The van der Waals surface area contributed by atoms with Crippen molar-refractivity contribution in [2.45, 2.75) is 37.6 Å². The standard InChI is InChI=1S/C18H21ClN4O/c19-14-5-10(7-21-18(14)20)15-6-16(17-12-8-24-9-13(12)17)23(22-15)11-3-1-2-4-11/h5-7,11-13,17H,1-4,8-9H2,(H2,20,21). The van der Waals surface area contributed by atoms with E-state index in [-0.39, 0.29) is 0 Å². The molecule has 0 bridgehead atoms. The second kappa shape index (κ2) is 5.46. The number of halogens is 1. The molecule has 0 radical (unpaired) electrons. The van der Waals surface area contributed by atoms with Crippen LogP contribution in [0.25, 0.3) is 11.3 Å². The molecule has 2 aromatic heterocycles. The summed E-state index contributed by atoms with van der Waals surface area (Å²) in [6.07, 6.45) is 6.83. The van der Waals surface area contributed by atoms with Gasteiger partial charge < -0.3 is 10.5 Å². The molecule has 2 unspecified atom stereocenters. The van der Waals surface area contributed by atoms with Gasteiger partial charge in [0.25, 0.3) is 0 Å². The topological polar surface area (TPSA) is 66.0 Å². The highest BCUT2D eigenvalue weighted by atomic mass is 35.5. The van der Waals surface area contributed by atoms with E-state index in [1.807, 2.05) is 6.07 Å².